The van der Waals surface area contributed by atoms with Crippen LogP contribution in [-0.2, 0) is 0 Å². The van der Waals surface area contributed by atoms with E-state index in [-0.39, 0.29) is 22.5 Å². The number of hydrogen-bond acceptors (Lipinski definition) is 3. The largest absolute Gasteiger partial charge is 0.348 e. The highest BCUT2D eigenvalue weighted by Gasteiger charge is 2.26. The van der Waals surface area contributed by atoms with E-state index >= 15 is 0 Å². The van der Waals surface area contributed by atoms with Gasteiger partial charge in [0.15, 0.2) is 0 Å². The van der Waals surface area contributed by atoms with E-state index in [2.05, 4.69) is 17.6 Å². The summed E-state index contributed by atoms with van der Waals surface area (Å²) in [4.78, 5) is 25.8. The van der Waals surface area contributed by atoms with Crippen LogP contribution in [0.1, 0.15) is 64.6 Å². The van der Waals surface area contributed by atoms with E-state index in [1.54, 1.807) is 6.07 Å². The van der Waals surface area contributed by atoms with E-state index in [1.807, 2.05) is 6.92 Å². The Labute approximate surface area is 173 Å². The van der Waals surface area contributed by atoms with Crippen molar-refractivity contribution in [2.45, 2.75) is 52.0 Å². The van der Waals surface area contributed by atoms with Crippen molar-refractivity contribution in [1.29, 1.82) is 0 Å². The summed E-state index contributed by atoms with van der Waals surface area (Å²) in [6.45, 7) is 4.02. The normalized spacial score (nSPS) is 19.3. The Kier molecular flexibility index (Phi) is 6.73. The maximum absolute atomic E-state index is 13.2. The first kappa shape index (κ1) is 20.8. The van der Waals surface area contributed by atoms with Crippen molar-refractivity contribution in [3.8, 4) is 0 Å². The molecule has 2 aromatic rings. The van der Waals surface area contributed by atoms with Crippen LogP contribution in [-0.4, -0.2) is 17.9 Å². The molecule has 0 aliphatic heterocycles. The second-order valence-electron chi connectivity index (χ2n) is 7.23. The van der Waals surface area contributed by atoms with Gasteiger partial charge in [-0.1, -0.05) is 37.8 Å². The monoisotopic (exact) mass is 422 g/mol. The van der Waals surface area contributed by atoms with Crippen LogP contribution in [0, 0.1) is 18.7 Å². The molecule has 3 rings (SSSR count). The minimum atomic E-state index is -0.499. The minimum Gasteiger partial charge on any atom is -0.348 e. The topological polar surface area (TPSA) is 58.2 Å². The van der Waals surface area contributed by atoms with Crippen LogP contribution in [0.2, 0.25) is 5.02 Å². The average Bonchev–Trinajstić information content (AvgIpc) is 3.02. The van der Waals surface area contributed by atoms with Crippen LogP contribution in [0.4, 0.5) is 9.39 Å². The van der Waals surface area contributed by atoms with E-state index in [4.69, 9.17) is 11.6 Å². The van der Waals surface area contributed by atoms with Crippen molar-refractivity contribution in [3.63, 3.8) is 0 Å². The first-order chi connectivity index (χ1) is 13.4. The highest BCUT2D eigenvalue weighted by atomic mass is 35.5. The van der Waals surface area contributed by atoms with Gasteiger partial charge >= 0.3 is 0 Å². The van der Waals surface area contributed by atoms with E-state index < -0.39 is 11.7 Å². The molecule has 7 heteroatoms. The molecule has 2 atom stereocenters. The first-order valence-corrected chi connectivity index (χ1v) is 10.8. The highest BCUT2D eigenvalue weighted by Crippen LogP contribution is 2.30. The number of halogens is 2. The lowest BCUT2D eigenvalue weighted by molar-refractivity contribution is 0.0907. The fraction of sp³-hybridized carbons (Fsp3) is 0.429. The van der Waals surface area contributed by atoms with Gasteiger partial charge in [-0.05, 0) is 55.5 Å². The van der Waals surface area contributed by atoms with Crippen molar-refractivity contribution in [2.24, 2.45) is 5.92 Å². The predicted octanol–water partition coefficient (Wildman–Crippen LogP) is 5.80. The number of carbonyl (C=O) groups is 2. The molecule has 4 nitrogen and oxygen atoms in total. The summed E-state index contributed by atoms with van der Waals surface area (Å²) in [7, 11) is 0. The molecular weight excluding hydrogens is 399 g/mol. The molecule has 1 heterocycles. The average molecular weight is 423 g/mol. The smallest absolute Gasteiger partial charge is 0.261 e. The van der Waals surface area contributed by atoms with Gasteiger partial charge in [0.2, 0.25) is 0 Å². The summed E-state index contributed by atoms with van der Waals surface area (Å²) in [6.07, 6.45) is 5.61. The molecule has 150 valence electrons. The molecule has 1 saturated carbocycles. The molecular formula is C21H24ClFN2O2S. The fourth-order valence-electron chi connectivity index (χ4n) is 3.74. The zero-order valence-corrected chi connectivity index (χ0v) is 17.6. The quantitative estimate of drug-likeness (QED) is 0.639. The number of carbonyl (C=O) groups excluding carboxylic acids is 2. The van der Waals surface area contributed by atoms with Crippen LogP contribution < -0.4 is 10.6 Å². The molecule has 1 aliphatic carbocycles. The van der Waals surface area contributed by atoms with Crippen molar-refractivity contribution >= 4 is 39.8 Å². The Morgan fingerprint density at radius 2 is 1.96 bits per heavy atom. The number of benzene rings is 1. The highest BCUT2D eigenvalue weighted by molar-refractivity contribution is 7.18. The van der Waals surface area contributed by atoms with Crippen LogP contribution in [0.15, 0.2) is 24.3 Å². The number of hydrogen-bond donors (Lipinski definition) is 2. The van der Waals surface area contributed by atoms with Gasteiger partial charge < -0.3 is 10.6 Å². The second kappa shape index (κ2) is 9.05. The minimum absolute atomic E-state index is 0.0478. The van der Waals surface area contributed by atoms with Gasteiger partial charge in [0.1, 0.15) is 5.82 Å². The molecule has 2 unspecified atom stereocenters. The summed E-state index contributed by atoms with van der Waals surface area (Å²) >= 11 is 7.19. The third-order valence-corrected chi connectivity index (χ3v) is 6.75. The number of amides is 2. The molecule has 0 radical (unpaired) electrons. The SMILES string of the molecule is CCC1CCCCC1NC(=O)c1sc(NC(=O)c2ccc(F)cc2Cl)cc1C. The number of thiophene rings is 1. The molecule has 28 heavy (non-hydrogen) atoms. The number of rotatable bonds is 5. The number of anilines is 1. The van der Waals surface area contributed by atoms with Crippen LogP contribution >= 0.6 is 22.9 Å². The second-order valence-corrected chi connectivity index (χ2v) is 8.69. The van der Waals surface area contributed by atoms with Gasteiger partial charge in [0.25, 0.3) is 11.8 Å². The standard InChI is InChI=1S/C21H24ClFN2O2S/c1-3-13-6-4-5-7-17(13)24-21(27)19-12(2)10-18(28-19)25-20(26)15-9-8-14(23)11-16(15)22/h8-11,13,17H,3-7H2,1-2H3,(H,24,27)(H,25,26). The van der Waals surface area contributed by atoms with Gasteiger partial charge in [-0.2, -0.15) is 0 Å². The summed E-state index contributed by atoms with van der Waals surface area (Å²) in [5, 5.41) is 6.54. The van der Waals surface area contributed by atoms with Crippen molar-refractivity contribution < 1.29 is 14.0 Å². The van der Waals surface area contributed by atoms with Gasteiger partial charge in [-0.15, -0.1) is 11.3 Å². The summed E-state index contributed by atoms with van der Waals surface area (Å²) in [6, 6.07) is 5.61. The molecule has 0 saturated heterocycles. The zero-order chi connectivity index (χ0) is 20.3. The molecule has 1 aliphatic rings. The van der Waals surface area contributed by atoms with Crippen LogP contribution in [0.5, 0.6) is 0 Å². The lowest BCUT2D eigenvalue weighted by atomic mass is 9.83. The Hall–Kier alpha value is -1.92. The van der Waals surface area contributed by atoms with Crippen LogP contribution in [0.3, 0.4) is 0 Å². The molecule has 0 bridgehead atoms. The number of nitrogens with one attached hydrogen (secondary N) is 2. The third-order valence-electron chi connectivity index (χ3n) is 5.29. The lowest BCUT2D eigenvalue weighted by Gasteiger charge is -2.31. The summed E-state index contributed by atoms with van der Waals surface area (Å²) in [5.41, 5.74) is 1.000. The predicted molar refractivity (Wildman–Crippen MR) is 112 cm³/mol. The first-order valence-electron chi connectivity index (χ1n) is 9.56. The molecule has 1 fully saturated rings. The zero-order valence-electron chi connectivity index (χ0n) is 16.0. The van der Waals surface area contributed by atoms with E-state index in [9.17, 15) is 14.0 Å². The van der Waals surface area contributed by atoms with Crippen molar-refractivity contribution in [3.05, 3.63) is 51.1 Å². The lowest BCUT2D eigenvalue weighted by Crippen LogP contribution is -2.41. The van der Waals surface area contributed by atoms with Crippen molar-refractivity contribution in [2.75, 3.05) is 5.32 Å². The van der Waals surface area contributed by atoms with Gasteiger partial charge in [-0.25, -0.2) is 4.39 Å². The maximum atomic E-state index is 13.2. The Bertz CT molecular complexity index is 883. The summed E-state index contributed by atoms with van der Waals surface area (Å²) in [5.74, 6) is -0.497. The van der Waals surface area contributed by atoms with E-state index in [1.165, 1.54) is 29.9 Å². The van der Waals surface area contributed by atoms with E-state index in [0.29, 0.717) is 15.8 Å². The van der Waals surface area contributed by atoms with Crippen LogP contribution in [0.25, 0.3) is 0 Å². The maximum Gasteiger partial charge on any atom is 0.261 e. The number of aryl methyl sites for hydroxylation is 1. The third kappa shape index (κ3) is 4.73. The Morgan fingerprint density at radius 3 is 2.68 bits per heavy atom. The molecule has 0 spiro atoms. The van der Waals surface area contributed by atoms with Gasteiger partial charge in [0, 0.05) is 6.04 Å². The molecule has 2 N–H and O–H groups in total. The van der Waals surface area contributed by atoms with Gasteiger partial charge in [0.05, 0.1) is 20.5 Å². The van der Waals surface area contributed by atoms with Gasteiger partial charge in [-0.3, -0.25) is 9.59 Å². The molecule has 2 amide bonds. The Morgan fingerprint density at radius 1 is 1.21 bits per heavy atom. The van der Waals surface area contributed by atoms with Crippen molar-refractivity contribution in [1.82, 2.24) is 5.32 Å². The Balaban J connectivity index is 1.70. The molecule has 1 aromatic heterocycles. The molecule has 1 aromatic carbocycles. The summed E-state index contributed by atoms with van der Waals surface area (Å²) < 4.78 is 13.2. The fourth-order valence-corrected chi connectivity index (χ4v) is 4.97. The van der Waals surface area contributed by atoms with E-state index in [0.717, 1.165) is 37.3 Å².